The Morgan fingerprint density at radius 3 is 2.84 bits per heavy atom. The molecule has 0 spiro atoms. The molecule has 0 saturated carbocycles. The van der Waals surface area contributed by atoms with Gasteiger partial charge in [0, 0.05) is 31.4 Å². The summed E-state index contributed by atoms with van der Waals surface area (Å²) in [6.07, 6.45) is 4.51. The second-order valence-electron chi connectivity index (χ2n) is 7.70. The summed E-state index contributed by atoms with van der Waals surface area (Å²) < 4.78 is 24.0. The predicted molar refractivity (Wildman–Crippen MR) is 114 cm³/mol. The van der Waals surface area contributed by atoms with Crippen LogP contribution in [0.2, 0.25) is 0 Å². The van der Waals surface area contributed by atoms with Gasteiger partial charge in [0.25, 0.3) is 5.91 Å². The Labute approximate surface area is 178 Å². The largest absolute Gasteiger partial charge is 0.465 e. The van der Waals surface area contributed by atoms with Crippen LogP contribution < -0.4 is 5.32 Å². The van der Waals surface area contributed by atoms with Gasteiger partial charge in [0.1, 0.15) is 5.82 Å². The number of likely N-dealkylation sites (tertiary alicyclic amines) is 1. The van der Waals surface area contributed by atoms with Crippen LogP contribution in [-0.2, 0) is 16.6 Å². The average Bonchev–Trinajstić information content (AvgIpc) is 3.38. The molecule has 10 nitrogen and oxygen atoms in total. The number of fused-ring (bicyclic) bond motifs is 1. The molecule has 1 aliphatic rings. The van der Waals surface area contributed by atoms with Gasteiger partial charge in [0.15, 0.2) is 0 Å². The first-order chi connectivity index (χ1) is 14.7. The summed E-state index contributed by atoms with van der Waals surface area (Å²) in [5.41, 5.74) is 2.86. The summed E-state index contributed by atoms with van der Waals surface area (Å²) in [6.45, 7) is 1.20. The van der Waals surface area contributed by atoms with Gasteiger partial charge in [0.2, 0.25) is 10.0 Å². The van der Waals surface area contributed by atoms with E-state index in [0.717, 1.165) is 39.7 Å². The minimum absolute atomic E-state index is 0.139. The van der Waals surface area contributed by atoms with Crippen LogP contribution in [0, 0.1) is 0 Å². The van der Waals surface area contributed by atoms with Gasteiger partial charge >= 0.3 is 6.09 Å². The SMILES string of the molecule is CS(=O)(=O)n1ccc(C(=O)NCc2nc3ccc([C@H]4CCCN(C(=O)O)C4)cc3[nH]2)c1. The fourth-order valence-electron chi connectivity index (χ4n) is 3.82. The van der Waals surface area contributed by atoms with Gasteiger partial charge in [0.05, 0.1) is 29.4 Å². The van der Waals surface area contributed by atoms with Crippen molar-refractivity contribution in [2.75, 3.05) is 19.3 Å². The number of nitrogens with zero attached hydrogens (tertiary/aromatic N) is 3. The maximum atomic E-state index is 12.3. The molecule has 0 bridgehead atoms. The van der Waals surface area contributed by atoms with Gasteiger partial charge in [-0.3, -0.25) is 8.77 Å². The number of nitrogens with one attached hydrogen (secondary N) is 2. The summed E-state index contributed by atoms with van der Waals surface area (Å²) in [5, 5.41) is 12.0. The first-order valence-electron chi connectivity index (χ1n) is 9.84. The average molecular weight is 446 g/mol. The van der Waals surface area contributed by atoms with Crippen molar-refractivity contribution >= 4 is 33.1 Å². The molecule has 0 radical (unpaired) electrons. The van der Waals surface area contributed by atoms with Crippen LogP contribution in [0.15, 0.2) is 36.7 Å². The molecule has 2 amide bonds. The number of amides is 2. The maximum Gasteiger partial charge on any atom is 0.407 e. The van der Waals surface area contributed by atoms with Crippen LogP contribution in [0.4, 0.5) is 4.79 Å². The van der Waals surface area contributed by atoms with Crippen molar-refractivity contribution in [3.8, 4) is 0 Å². The zero-order valence-electron chi connectivity index (χ0n) is 16.9. The molecule has 1 atom stereocenters. The number of rotatable bonds is 5. The Balaban J connectivity index is 1.44. The van der Waals surface area contributed by atoms with Crippen LogP contribution in [-0.4, -0.2) is 63.7 Å². The molecule has 1 fully saturated rings. The number of hydrogen-bond donors (Lipinski definition) is 3. The number of carboxylic acid groups (broad SMARTS) is 1. The fourth-order valence-corrected chi connectivity index (χ4v) is 4.41. The third-order valence-electron chi connectivity index (χ3n) is 5.45. The summed E-state index contributed by atoms with van der Waals surface area (Å²) in [5.74, 6) is 0.304. The molecule has 11 heteroatoms. The van der Waals surface area contributed by atoms with Gasteiger partial charge in [-0.25, -0.2) is 18.2 Å². The van der Waals surface area contributed by atoms with Crippen molar-refractivity contribution in [2.24, 2.45) is 0 Å². The molecule has 0 aliphatic carbocycles. The molecule has 3 heterocycles. The number of aromatic amines is 1. The molecule has 31 heavy (non-hydrogen) atoms. The van der Waals surface area contributed by atoms with Crippen molar-refractivity contribution < 1.29 is 23.1 Å². The Hall–Kier alpha value is -3.34. The van der Waals surface area contributed by atoms with Gasteiger partial charge < -0.3 is 20.3 Å². The second kappa shape index (κ2) is 8.06. The number of aromatic nitrogens is 3. The minimum Gasteiger partial charge on any atom is -0.465 e. The second-order valence-corrected chi connectivity index (χ2v) is 9.59. The van der Waals surface area contributed by atoms with Crippen LogP contribution in [0.1, 0.15) is 40.5 Å². The zero-order valence-corrected chi connectivity index (χ0v) is 17.7. The van der Waals surface area contributed by atoms with Crippen molar-refractivity contribution in [3.63, 3.8) is 0 Å². The molecule has 2 aromatic heterocycles. The van der Waals surface area contributed by atoms with Crippen LogP contribution in [0.25, 0.3) is 11.0 Å². The van der Waals surface area contributed by atoms with E-state index in [-0.39, 0.29) is 18.0 Å². The van der Waals surface area contributed by atoms with E-state index in [1.54, 1.807) is 0 Å². The molecule has 1 saturated heterocycles. The Morgan fingerprint density at radius 2 is 2.13 bits per heavy atom. The topological polar surface area (TPSA) is 137 Å². The van der Waals surface area contributed by atoms with Gasteiger partial charge in [-0.05, 0) is 36.6 Å². The fraction of sp³-hybridized carbons (Fsp3) is 0.350. The molecule has 164 valence electrons. The van der Waals surface area contributed by atoms with Crippen LogP contribution in [0.3, 0.4) is 0 Å². The Bertz CT molecular complexity index is 1250. The maximum absolute atomic E-state index is 12.3. The molecule has 3 aromatic rings. The van der Waals surface area contributed by atoms with Gasteiger partial charge in [-0.2, -0.15) is 0 Å². The smallest absolute Gasteiger partial charge is 0.407 e. The lowest BCUT2D eigenvalue weighted by Crippen LogP contribution is -2.38. The summed E-state index contributed by atoms with van der Waals surface area (Å²) >= 11 is 0. The lowest BCUT2D eigenvalue weighted by atomic mass is 9.90. The highest BCUT2D eigenvalue weighted by molar-refractivity contribution is 7.89. The standard InChI is InChI=1S/C20H23N5O5S/c1-31(29,30)25-8-6-15(12-25)19(26)21-10-18-22-16-5-4-13(9-17(16)23-18)14-3-2-7-24(11-14)20(27)28/h4-6,8-9,12,14H,2-3,7,10-11H2,1H3,(H,21,26)(H,22,23)(H,27,28)/t14-/m0/s1. The molecule has 0 unspecified atom stereocenters. The van der Waals surface area contributed by atoms with E-state index in [2.05, 4.69) is 15.3 Å². The zero-order chi connectivity index (χ0) is 22.2. The number of carbonyl (C=O) groups is 2. The molecule has 1 aliphatic heterocycles. The quantitative estimate of drug-likeness (QED) is 0.549. The lowest BCUT2D eigenvalue weighted by Gasteiger charge is -2.30. The highest BCUT2D eigenvalue weighted by atomic mass is 32.2. The van der Waals surface area contributed by atoms with E-state index >= 15 is 0 Å². The number of piperidine rings is 1. The van der Waals surface area contributed by atoms with Crippen molar-refractivity contribution in [1.82, 2.24) is 24.2 Å². The Morgan fingerprint density at radius 1 is 1.32 bits per heavy atom. The lowest BCUT2D eigenvalue weighted by molar-refractivity contribution is 0.0950. The predicted octanol–water partition coefficient (Wildman–Crippen LogP) is 1.96. The van der Waals surface area contributed by atoms with E-state index in [0.29, 0.717) is 18.9 Å². The third-order valence-corrected chi connectivity index (χ3v) is 6.44. The van der Waals surface area contributed by atoms with E-state index in [4.69, 9.17) is 0 Å². The first-order valence-corrected chi connectivity index (χ1v) is 11.7. The monoisotopic (exact) mass is 445 g/mol. The molecule has 1 aromatic carbocycles. The molecular formula is C20H23N5O5S. The van der Waals surface area contributed by atoms with E-state index in [1.807, 2.05) is 18.2 Å². The molecule has 3 N–H and O–H groups in total. The summed E-state index contributed by atoms with van der Waals surface area (Å²) in [4.78, 5) is 32.7. The summed E-state index contributed by atoms with van der Waals surface area (Å²) in [6, 6.07) is 7.27. The number of hydrogen-bond acceptors (Lipinski definition) is 5. The first kappa shape index (κ1) is 20.9. The number of imidazole rings is 1. The highest BCUT2D eigenvalue weighted by Gasteiger charge is 2.24. The van der Waals surface area contributed by atoms with Crippen LogP contribution in [0.5, 0.6) is 0 Å². The van der Waals surface area contributed by atoms with Gasteiger partial charge in [-0.1, -0.05) is 6.07 Å². The molecular weight excluding hydrogens is 422 g/mol. The van der Waals surface area contributed by atoms with E-state index in [9.17, 15) is 23.1 Å². The van der Waals surface area contributed by atoms with E-state index < -0.39 is 22.0 Å². The van der Waals surface area contributed by atoms with Crippen molar-refractivity contribution in [3.05, 3.63) is 53.6 Å². The van der Waals surface area contributed by atoms with E-state index in [1.165, 1.54) is 23.4 Å². The van der Waals surface area contributed by atoms with Crippen molar-refractivity contribution in [2.45, 2.75) is 25.3 Å². The number of carbonyl (C=O) groups excluding carboxylic acids is 1. The third kappa shape index (κ3) is 4.55. The molecule has 4 rings (SSSR count). The number of H-pyrrole nitrogens is 1. The normalized spacial score (nSPS) is 17.1. The van der Waals surface area contributed by atoms with Crippen molar-refractivity contribution in [1.29, 1.82) is 0 Å². The van der Waals surface area contributed by atoms with Gasteiger partial charge in [-0.15, -0.1) is 0 Å². The van der Waals surface area contributed by atoms with Crippen LogP contribution >= 0.6 is 0 Å². The Kier molecular flexibility index (Phi) is 5.44. The number of benzene rings is 1. The summed E-state index contributed by atoms with van der Waals surface area (Å²) in [7, 11) is -3.44. The minimum atomic E-state index is -3.44. The highest BCUT2D eigenvalue weighted by Crippen LogP contribution is 2.28.